The van der Waals surface area contributed by atoms with E-state index < -0.39 is 5.60 Å². The number of hydrogen-bond donors (Lipinski definition) is 1. The van der Waals surface area contributed by atoms with Gasteiger partial charge in [0.05, 0.1) is 5.60 Å². The molecule has 0 amide bonds. The van der Waals surface area contributed by atoms with E-state index in [0.717, 1.165) is 24.8 Å². The molecule has 1 atom stereocenters. The average molecular weight is 204 g/mol. The summed E-state index contributed by atoms with van der Waals surface area (Å²) in [5, 5.41) is 10.5. The summed E-state index contributed by atoms with van der Waals surface area (Å²) in [5.74, 6) is 0. The third-order valence-corrected chi connectivity index (χ3v) is 4.10. The van der Waals surface area contributed by atoms with Gasteiger partial charge in [0.2, 0.25) is 0 Å². The van der Waals surface area contributed by atoms with Crippen molar-refractivity contribution in [1.82, 2.24) is 0 Å². The highest BCUT2D eigenvalue weighted by atomic mass is 16.3. The maximum atomic E-state index is 10.5. The first-order chi connectivity index (χ1) is 6.99. The Balaban J connectivity index is 2.29. The molecule has 0 heterocycles. The molecular formula is C14H20O. The minimum atomic E-state index is -0.667. The molecule has 0 aliphatic heterocycles. The normalized spacial score (nSPS) is 22.1. The van der Waals surface area contributed by atoms with E-state index in [1.165, 1.54) is 5.56 Å². The topological polar surface area (TPSA) is 20.2 Å². The van der Waals surface area contributed by atoms with Gasteiger partial charge in [0, 0.05) is 5.41 Å². The highest BCUT2D eigenvalue weighted by molar-refractivity contribution is 5.30. The van der Waals surface area contributed by atoms with Crippen LogP contribution in [-0.4, -0.2) is 5.11 Å². The van der Waals surface area contributed by atoms with Crippen LogP contribution in [0.15, 0.2) is 24.3 Å². The van der Waals surface area contributed by atoms with Crippen molar-refractivity contribution < 1.29 is 5.11 Å². The molecule has 0 bridgehead atoms. The van der Waals surface area contributed by atoms with E-state index in [0.29, 0.717) is 0 Å². The molecule has 1 aliphatic carbocycles. The van der Waals surface area contributed by atoms with E-state index >= 15 is 0 Å². The van der Waals surface area contributed by atoms with Crippen LogP contribution in [0.3, 0.4) is 0 Å². The number of aryl methyl sites for hydroxylation is 1. The molecule has 1 aliphatic rings. The molecule has 82 valence electrons. The van der Waals surface area contributed by atoms with Crippen LogP contribution in [-0.2, 0) is 12.0 Å². The molecule has 0 aromatic heterocycles. The fourth-order valence-corrected chi connectivity index (χ4v) is 2.09. The van der Waals surface area contributed by atoms with Crippen molar-refractivity contribution in [2.45, 2.75) is 45.6 Å². The Morgan fingerprint density at radius 1 is 1.27 bits per heavy atom. The lowest BCUT2D eigenvalue weighted by Crippen LogP contribution is -2.31. The van der Waals surface area contributed by atoms with E-state index in [1.807, 2.05) is 6.92 Å². The molecule has 0 radical (unpaired) electrons. The van der Waals surface area contributed by atoms with Crippen molar-refractivity contribution in [3.8, 4) is 0 Å². The maximum Gasteiger partial charge on any atom is 0.0921 e. The summed E-state index contributed by atoms with van der Waals surface area (Å²) in [4.78, 5) is 0. The highest BCUT2D eigenvalue weighted by Gasteiger charge is 2.52. The summed E-state index contributed by atoms with van der Waals surface area (Å²) in [7, 11) is 0. The summed E-state index contributed by atoms with van der Waals surface area (Å²) >= 11 is 0. The maximum absolute atomic E-state index is 10.5. The number of rotatable bonds is 3. The van der Waals surface area contributed by atoms with E-state index in [2.05, 4.69) is 38.1 Å². The second-order valence-corrected chi connectivity index (χ2v) is 5.18. The molecule has 15 heavy (non-hydrogen) atoms. The van der Waals surface area contributed by atoms with E-state index in [-0.39, 0.29) is 5.41 Å². The van der Waals surface area contributed by atoms with Gasteiger partial charge in [-0.1, -0.05) is 38.1 Å². The van der Waals surface area contributed by atoms with Gasteiger partial charge in [-0.05, 0) is 37.3 Å². The molecule has 1 aromatic carbocycles. The Kier molecular flexibility index (Phi) is 2.38. The van der Waals surface area contributed by atoms with E-state index in [9.17, 15) is 5.11 Å². The Labute approximate surface area is 92.1 Å². The van der Waals surface area contributed by atoms with Crippen LogP contribution in [0, 0.1) is 5.41 Å². The van der Waals surface area contributed by atoms with Gasteiger partial charge in [0.15, 0.2) is 0 Å². The number of benzene rings is 1. The molecule has 1 aromatic rings. The van der Waals surface area contributed by atoms with Gasteiger partial charge in [-0.25, -0.2) is 0 Å². The predicted molar refractivity (Wildman–Crippen MR) is 62.7 cm³/mol. The molecule has 1 heteroatoms. The molecule has 0 spiro atoms. The number of hydrogen-bond acceptors (Lipinski definition) is 1. The van der Waals surface area contributed by atoms with Crippen LogP contribution in [0.25, 0.3) is 0 Å². The van der Waals surface area contributed by atoms with Crippen LogP contribution >= 0.6 is 0 Å². The van der Waals surface area contributed by atoms with Gasteiger partial charge >= 0.3 is 0 Å². The molecule has 1 nitrogen and oxygen atoms in total. The summed E-state index contributed by atoms with van der Waals surface area (Å²) < 4.78 is 0. The van der Waals surface area contributed by atoms with Gasteiger partial charge in [-0.3, -0.25) is 0 Å². The monoisotopic (exact) mass is 204 g/mol. The third kappa shape index (κ3) is 1.69. The molecule has 1 N–H and O–H groups in total. The lowest BCUT2D eigenvalue weighted by atomic mass is 9.81. The summed E-state index contributed by atoms with van der Waals surface area (Å²) in [6.45, 7) is 6.26. The van der Waals surface area contributed by atoms with Gasteiger partial charge in [-0.2, -0.15) is 0 Å². The van der Waals surface area contributed by atoms with Crippen LogP contribution < -0.4 is 0 Å². The zero-order chi connectivity index (χ0) is 11.1. The second-order valence-electron chi connectivity index (χ2n) is 5.18. The Bertz CT molecular complexity index is 344. The fraction of sp³-hybridized carbons (Fsp3) is 0.571. The first kappa shape index (κ1) is 10.7. The standard InChI is InChI=1S/C14H20O/c1-4-11-5-7-12(8-6-11)14(3,15)13(2)9-10-13/h5-8,15H,4,9-10H2,1-3H3. The van der Waals surface area contributed by atoms with Crippen molar-refractivity contribution in [3.05, 3.63) is 35.4 Å². The van der Waals surface area contributed by atoms with Crippen LogP contribution in [0.4, 0.5) is 0 Å². The predicted octanol–water partition coefficient (Wildman–Crippen LogP) is 3.26. The smallest absolute Gasteiger partial charge is 0.0921 e. The van der Waals surface area contributed by atoms with Gasteiger partial charge < -0.3 is 5.11 Å². The molecular weight excluding hydrogens is 184 g/mol. The zero-order valence-corrected chi connectivity index (χ0v) is 9.88. The fourth-order valence-electron chi connectivity index (χ4n) is 2.09. The van der Waals surface area contributed by atoms with Crippen LogP contribution in [0.5, 0.6) is 0 Å². The summed E-state index contributed by atoms with van der Waals surface area (Å²) in [6, 6.07) is 8.38. The second kappa shape index (κ2) is 3.34. The van der Waals surface area contributed by atoms with Gasteiger partial charge in [-0.15, -0.1) is 0 Å². The Morgan fingerprint density at radius 3 is 2.20 bits per heavy atom. The van der Waals surface area contributed by atoms with Crippen LogP contribution in [0.2, 0.25) is 0 Å². The average Bonchev–Trinajstić information content (AvgIpc) is 2.98. The summed E-state index contributed by atoms with van der Waals surface area (Å²) in [5.41, 5.74) is 1.82. The van der Waals surface area contributed by atoms with Crippen molar-refractivity contribution in [1.29, 1.82) is 0 Å². The lowest BCUT2D eigenvalue weighted by molar-refractivity contribution is -0.0126. The van der Waals surface area contributed by atoms with Crippen molar-refractivity contribution in [2.24, 2.45) is 5.41 Å². The number of aliphatic hydroxyl groups is 1. The van der Waals surface area contributed by atoms with Crippen molar-refractivity contribution in [2.75, 3.05) is 0 Å². The highest BCUT2D eigenvalue weighted by Crippen LogP contribution is 2.57. The molecule has 2 rings (SSSR count). The first-order valence-corrected chi connectivity index (χ1v) is 5.81. The van der Waals surface area contributed by atoms with E-state index in [4.69, 9.17) is 0 Å². The third-order valence-electron chi connectivity index (χ3n) is 4.10. The van der Waals surface area contributed by atoms with Crippen molar-refractivity contribution >= 4 is 0 Å². The molecule has 1 fully saturated rings. The quantitative estimate of drug-likeness (QED) is 0.801. The van der Waals surface area contributed by atoms with E-state index in [1.54, 1.807) is 0 Å². The lowest BCUT2D eigenvalue weighted by Gasteiger charge is -2.31. The van der Waals surface area contributed by atoms with Crippen LogP contribution in [0.1, 0.15) is 44.7 Å². The molecule has 1 saturated carbocycles. The summed E-state index contributed by atoms with van der Waals surface area (Å²) in [6.07, 6.45) is 3.32. The van der Waals surface area contributed by atoms with Crippen molar-refractivity contribution in [3.63, 3.8) is 0 Å². The largest absolute Gasteiger partial charge is 0.385 e. The zero-order valence-electron chi connectivity index (χ0n) is 9.88. The molecule has 1 unspecified atom stereocenters. The first-order valence-electron chi connectivity index (χ1n) is 5.81. The minimum absolute atomic E-state index is 0.0979. The van der Waals surface area contributed by atoms with Gasteiger partial charge in [0.25, 0.3) is 0 Å². The Morgan fingerprint density at radius 2 is 1.80 bits per heavy atom. The van der Waals surface area contributed by atoms with Gasteiger partial charge in [0.1, 0.15) is 0 Å². The SMILES string of the molecule is CCc1ccc(C(C)(O)C2(C)CC2)cc1. The Hall–Kier alpha value is -0.820. The minimum Gasteiger partial charge on any atom is -0.385 e. The molecule has 0 saturated heterocycles.